The van der Waals surface area contributed by atoms with Crippen molar-refractivity contribution >= 4 is 11.6 Å². The van der Waals surface area contributed by atoms with Crippen LogP contribution in [0.4, 0.5) is 0 Å². The highest BCUT2D eigenvalue weighted by Gasteiger charge is 2.06. The van der Waals surface area contributed by atoms with Crippen LogP contribution in [0.1, 0.15) is 76.2 Å². The fourth-order valence-electron chi connectivity index (χ4n) is 3.10. The Labute approximate surface area is 152 Å². The molecule has 0 unspecified atom stereocenters. The number of nitrogens with one attached hydrogen (secondary N) is 1. The zero-order chi connectivity index (χ0) is 17.6. The first-order valence-electron chi connectivity index (χ1n) is 9.83. The molecule has 0 aromatic heterocycles. The highest BCUT2D eigenvalue weighted by atomic mass is 16.6. The lowest BCUT2D eigenvalue weighted by Gasteiger charge is -2.08. The van der Waals surface area contributed by atoms with Gasteiger partial charge in [0.2, 0.25) is 5.91 Å². The molecular formula is C21H32N2O2. The zero-order valence-electron chi connectivity index (χ0n) is 15.3. The maximum atomic E-state index is 11.8. The van der Waals surface area contributed by atoms with E-state index in [0.717, 1.165) is 37.0 Å². The fourth-order valence-corrected chi connectivity index (χ4v) is 3.10. The molecule has 1 aromatic rings. The minimum atomic E-state index is 0.166. The molecule has 0 aliphatic carbocycles. The van der Waals surface area contributed by atoms with Gasteiger partial charge in [-0.1, -0.05) is 74.0 Å². The van der Waals surface area contributed by atoms with E-state index in [1.165, 1.54) is 38.5 Å². The summed E-state index contributed by atoms with van der Waals surface area (Å²) in [5.41, 5.74) is 2.18. The van der Waals surface area contributed by atoms with E-state index in [-0.39, 0.29) is 5.91 Å². The number of carbonyl (C=O) groups excluding carboxylic acids is 1. The monoisotopic (exact) mass is 344 g/mol. The SMILES string of the molecule is O=C1CCCCCCCCCC/C(=N\OCc2ccccc2)CCN1. The molecular weight excluding hydrogens is 312 g/mol. The maximum absolute atomic E-state index is 11.8. The van der Waals surface area contributed by atoms with Crippen LogP contribution in [-0.2, 0) is 16.2 Å². The molecule has 0 atom stereocenters. The van der Waals surface area contributed by atoms with Gasteiger partial charge >= 0.3 is 0 Å². The normalized spacial score (nSPS) is 20.3. The first-order chi connectivity index (χ1) is 12.3. The van der Waals surface area contributed by atoms with Gasteiger partial charge in [0, 0.05) is 19.4 Å². The Bertz CT molecular complexity index is 514. The van der Waals surface area contributed by atoms with Gasteiger partial charge in [-0.2, -0.15) is 0 Å². The predicted molar refractivity (Wildman–Crippen MR) is 102 cm³/mol. The standard InChI is InChI=1S/C21H32N2O2/c24-21-15-11-6-4-2-1-3-5-10-14-20(16-17-22-21)23-25-18-19-12-8-7-9-13-19/h7-9,12-13H,1-6,10-11,14-18H2,(H,22,24)/b23-20+. The van der Waals surface area contributed by atoms with E-state index in [2.05, 4.69) is 10.5 Å². The molecule has 138 valence electrons. The third kappa shape index (κ3) is 9.28. The van der Waals surface area contributed by atoms with Gasteiger partial charge in [0.05, 0.1) is 5.71 Å². The second-order valence-corrected chi connectivity index (χ2v) is 6.84. The van der Waals surface area contributed by atoms with Gasteiger partial charge < -0.3 is 10.2 Å². The molecule has 1 amide bonds. The van der Waals surface area contributed by atoms with E-state index >= 15 is 0 Å². The smallest absolute Gasteiger partial charge is 0.220 e. The third-order valence-corrected chi connectivity index (χ3v) is 4.62. The number of nitrogens with zero attached hydrogens (tertiary/aromatic N) is 1. The van der Waals surface area contributed by atoms with E-state index in [1.54, 1.807) is 0 Å². The number of carbonyl (C=O) groups is 1. The van der Waals surface area contributed by atoms with Crippen LogP contribution in [0.25, 0.3) is 0 Å². The van der Waals surface area contributed by atoms with Crippen LogP contribution in [0.3, 0.4) is 0 Å². The Morgan fingerprint density at radius 1 is 0.840 bits per heavy atom. The molecule has 0 saturated carbocycles. The minimum absolute atomic E-state index is 0.166. The molecule has 1 saturated heterocycles. The van der Waals surface area contributed by atoms with Gasteiger partial charge in [-0.25, -0.2) is 0 Å². The lowest BCUT2D eigenvalue weighted by molar-refractivity contribution is -0.121. The number of amides is 1. The van der Waals surface area contributed by atoms with Crippen molar-refractivity contribution in [3.63, 3.8) is 0 Å². The summed E-state index contributed by atoms with van der Waals surface area (Å²) in [6, 6.07) is 10.1. The van der Waals surface area contributed by atoms with Crippen LogP contribution >= 0.6 is 0 Å². The van der Waals surface area contributed by atoms with Crippen molar-refractivity contribution in [3.8, 4) is 0 Å². The van der Waals surface area contributed by atoms with Crippen LogP contribution in [0.2, 0.25) is 0 Å². The van der Waals surface area contributed by atoms with Gasteiger partial charge in [-0.15, -0.1) is 0 Å². The van der Waals surface area contributed by atoms with E-state index in [4.69, 9.17) is 4.84 Å². The lowest BCUT2D eigenvalue weighted by Crippen LogP contribution is -2.25. The Kier molecular flexibility index (Phi) is 9.75. The number of hydrogen-bond acceptors (Lipinski definition) is 3. The summed E-state index contributed by atoms with van der Waals surface area (Å²) in [6.07, 6.45) is 12.1. The Balaban J connectivity index is 1.81. The van der Waals surface area contributed by atoms with Crippen molar-refractivity contribution in [2.75, 3.05) is 6.54 Å². The number of rotatable bonds is 3. The second kappa shape index (κ2) is 12.5. The predicted octanol–water partition coefficient (Wildman–Crippen LogP) is 4.98. The van der Waals surface area contributed by atoms with Crippen molar-refractivity contribution < 1.29 is 9.63 Å². The summed E-state index contributed by atoms with van der Waals surface area (Å²) >= 11 is 0. The molecule has 2 rings (SSSR count). The molecule has 1 aliphatic rings. The van der Waals surface area contributed by atoms with Crippen LogP contribution in [-0.4, -0.2) is 18.2 Å². The number of hydrogen-bond donors (Lipinski definition) is 1. The first kappa shape index (κ1) is 19.5. The molecule has 25 heavy (non-hydrogen) atoms. The topological polar surface area (TPSA) is 50.7 Å². The first-order valence-corrected chi connectivity index (χ1v) is 9.83. The highest BCUT2D eigenvalue weighted by Crippen LogP contribution is 2.12. The fraction of sp³-hybridized carbons (Fsp3) is 0.619. The molecule has 1 N–H and O–H groups in total. The average Bonchev–Trinajstić information content (AvgIpc) is 2.63. The van der Waals surface area contributed by atoms with E-state index in [0.29, 0.717) is 19.6 Å². The summed E-state index contributed by atoms with van der Waals surface area (Å²) in [5.74, 6) is 0.166. The van der Waals surface area contributed by atoms with Crippen molar-refractivity contribution in [3.05, 3.63) is 35.9 Å². The Morgan fingerprint density at radius 2 is 1.48 bits per heavy atom. The molecule has 1 aliphatic heterocycles. The summed E-state index contributed by atoms with van der Waals surface area (Å²) in [7, 11) is 0. The molecule has 1 heterocycles. The Morgan fingerprint density at radius 3 is 2.20 bits per heavy atom. The van der Waals surface area contributed by atoms with Gasteiger partial charge in [0.25, 0.3) is 0 Å². The van der Waals surface area contributed by atoms with Crippen LogP contribution in [0, 0.1) is 0 Å². The van der Waals surface area contributed by atoms with E-state index in [9.17, 15) is 4.79 Å². The summed E-state index contributed by atoms with van der Waals surface area (Å²) in [4.78, 5) is 17.4. The quantitative estimate of drug-likeness (QED) is 0.786. The molecule has 1 fully saturated rings. The van der Waals surface area contributed by atoms with Crippen molar-refractivity contribution in [1.82, 2.24) is 5.32 Å². The summed E-state index contributed by atoms with van der Waals surface area (Å²) < 4.78 is 0. The van der Waals surface area contributed by atoms with Crippen molar-refractivity contribution in [1.29, 1.82) is 0 Å². The zero-order valence-corrected chi connectivity index (χ0v) is 15.3. The third-order valence-electron chi connectivity index (χ3n) is 4.62. The van der Waals surface area contributed by atoms with E-state index in [1.807, 2.05) is 30.3 Å². The van der Waals surface area contributed by atoms with Crippen molar-refractivity contribution in [2.45, 2.75) is 77.2 Å². The van der Waals surface area contributed by atoms with Crippen molar-refractivity contribution in [2.24, 2.45) is 5.16 Å². The van der Waals surface area contributed by atoms with Gasteiger partial charge in [0.1, 0.15) is 6.61 Å². The maximum Gasteiger partial charge on any atom is 0.220 e. The van der Waals surface area contributed by atoms with Gasteiger partial charge in [-0.3, -0.25) is 4.79 Å². The summed E-state index contributed by atoms with van der Waals surface area (Å²) in [5, 5.41) is 7.37. The molecule has 4 nitrogen and oxygen atoms in total. The number of oxime groups is 1. The molecule has 1 aromatic carbocycles. The minimum Gasteiger partial charge on any atom is -0.391 e. The molecule has 0 bridgehead atoms. The van der Waals surface area contributed by atoms with Crippen LogP contribution in [0.5, 0.6) is 0 Å². The van der Waals surface area contributed by atoms with Crippen LogP contribution < -0.4 is 5.32 Å². The molecule has 4 heteroatoms. The largest absolute Gasteiger partial charge is 0.391 e. The Hall–Kier alpha value is -1.84. The van der Waals surface area contributed by atoms with Crippen LogP contribution in [0.15, 0.2) is 35.5 Å². The van der Waals surface area contributed by atoms with Gasteiger partial charge in [0.15, 0.2) is 0 Å². The average molecular weight is 344 g/mol. The van der Waals surface area contributed by atoms with E-state index < -0.39 is 0 Å². The lowest BCUT2D eigenvalue weighted by atomic mass is 10.0. The van der Waals surface area contributed by atoms with Gasteiger partial charge in [-0.05, 0) is 24.8 Å². The number of benzene rings is 1. The highest BCUT2D eigenvalue weighted by molar-refractivity contribution is 5.84. The molecule has 0 radical (unpaired) electrons. The summed E-state index contributed by atoms with van der Waals surface area (Å²) in [6.45, 7) is 1.16. The second-order valence-electron chi connectivity index (χ2n) is 6.84. The molecule has 0 spiro atoms.